The Morgan fingerprint density at radius 1 is 1.17 bits per heavy atom. The molecule has 0 unspecified atom stereocenters. The van der Waals surface area contributed by atoms with Gasteiger partial charge >= 0.3 is 0 Å². The van der Waals surface area contributed by atoms with E-state index in [2.05, 4.69) is 64.0 Å². The molecule has 6 heteroatoms. The first-order valence-corrected chi connectivity index (χ1v) is 8.32. The lowest BCUT2D eigenvalue weighted by Crippen LogP contribution is -2.37. The minimum absolute atomic E-state index is 0.767. The predicted octanol–water partition coefficient (Wildman–Crippen LogP) is 1.70. The lowest BCUT2D eigenvalue weighted by molar-refractivity contribution is 0.400. The van der Waals surface area contributed by atoms with Gasteiger partial charge in [-0.3, -0.25) is 9.67 Å². The molecule has 0 aliphatic rings. The van der Waals surface area contributed by atoms with Crippen molar-refractivity contribution < 1.29 is 0 Å². The number of hydrogen-bond donors (Lipinski definition) is 2. The standard InChI is InChI=1S/C18H28N6/c1-19-18(20-10-6-12-24-13-7-11-22-24)21-14-16-8-4-5-9-17(16)15-23(2)3/h4-5,7-9,11,13H,6,10,12,14-15H2,1-3H3,(H2,19,20,21). The molecule has 0 atom stereocenters. The molecular weight excluding hydrogens is 300 g/mol. The third-order valence-corrected chi connectivity index (χ3v) is 3.69. The van der Waals surface area contributed by atoms with Gasteiger partial charge in [-0.25, -0.2) is 0 Å². The van der Waals surface area contributed by atoms with E-state index in [0.29, 0.717) is 0 Å². The molecule has 0 saturated heterocycles. The molecule has 0 fully saturated rings. The van der Waals surface area contributed by atoms with E-state index < -0.39 is 0 Å². The number of nitrogens with one attached hydrogen (secondary N) is 2. The van der Waals surface area contributed by atoms with E-state index in [9.17, 15) is 0 Å². The molecular formula is C18H28N6. The molecule has 0 saturated carbocycles. The molecule has 0 spiro atoms. The van der Waals surface area contributed by atoms with Gasteiger partial charge < -0.3 is 15.5 Å². The van der Waals surface area contributed by atoms with E-state index >= 15 is 0 Å². The molecule has 6 nitrogen and oxygen atoms in total. The highest BCUT2D eigenvalue weighted by Crippen LogP contribution is 2.10. The van der Waals surface area contributed by atoms with E-state index in [1.807, 2.05) is 16.9 Å². The zero-order valence-corrected chi connectivity index (χ0v) is 14.9. The van der Waals surface area contributed by atoms with Crippen LogP contribution in [0.4, 0.5) is 0 Å². The van der Waals surface area contributed by atoms with Crippen LogP contribution < -0.4 is 10.6 Å². The summed E-state index contributed by atoms with van der Waals surface area (Å²) in [4.78, 5) is 6.47. The monoisotopic (exact) mass is 328 g/mol. The van der Waals surface area contributed by atoms with Gasteiger partial charge in [0.15, 0.2) is 5.96 Å². The zero-order valence-electron chi connectivity index (χ0n) is 14.9. The van der Waals surface area contributed by atoms with Gasteiger partial charge in [0.1, 0.15) is 0 Å². The second-order valence-electron chi connectivity index (χ2n) is 5.98. The molecule has 0 aliphatic heterocycles. The van der Waals surface area contributed by atoms with Crippen molar-refractivity contribution in [2.24, 2.45) is 4.99 Å². The summed E-state index contributed by atoms with van der Waals surface area (Å²) in [6.45, 7) is 3.47. The van der Waals surface area contributed by atoms with Gasteiger partial charge in [0.2, 0.25) is 0 Å². The minimum atomic E-state index is 0.767. The fourth-order valence-corrected chi connectivity index (χ4v) is 2.51. The van der Waals surface area contributed by atoms with Crippen molar-refractivity contribution >= 4 is 5.96 Å². The molecule has 2 N–H and O–H groups in total. The van der Waals surface area contributed by atoms with Crippen LogP contribution in [0, 0.1) is 0 Å². The fraction of sp³-hybridized carbons (Fsp3) is 0.444. The molecule has 0 amide bonds. The van der Waals surface area contributed by atoms with Crippen molar-refractivity contribution in [2.45, 2.75) is 26.1 Å². The van der Waals surface area contributed by atoms with Crippen molar-refractivity contribution in [3.05, 3.63) is 53.9 Å². The maximum absolute atomic E-state index is 4.29. The summed E-state index contributed by atoms with van der Waals surface area (Å²) in [5, 5.41) is 10.9. The van der Waals surface area contributed by atoms with Crippen LogP contribution in [0.15, 0.2) is 47.7 Å². The lowest BCUT2D eigenvalue weighted by atomic mass is 10.1. The Hall–Kier alpha value is -2.34. The summed E-state index contributed by atoms with van der Waals surface area (Å²) in [5.41, 5.74) is 2.63. The van der Waals surface area contributed by atoms with Crippen LogP contribution in [-0.2, 0) is 19.6 Å². The Kier molecular flexibility index (Phi) is 7.29. The third kappa shape index (κ3) is 6.04. The largest absolute Gasteiger partial charge is 0.356 e. The highest BCUT2D eigenvalue weighted by Gasteiger charge is 2.04. The molecule has 2 aromatic rings. The molecule has 1 heterocycles. The van der Waals surface area contributed by atoms with E-state index in [1.54, 1.807) is 13.2 Å². The van der Waals surface area contributed by atoms with Crippen molar-refractivity contribution in [3.8, 4) is 0 Å². The number of aliphatic imine (C=N–C) groups is 1. The van der Waals surface area contributed by atoms with E-state index in [0.717, 1.165) is 38.6 Å². The van der Waals surface area contributed by atoms with Gasteiger partial charge in [-0.1, -0.05) is 24.3 Å². The number of aryl methyl sites for hydroxylation is 1. The predicted molar refractivity (Wildman–Crippen MR) is 98.9 cm³/mol. The second-order valence-corrected chi connectivity index (χ2v) is 5.98. The molecule has 24 heavy (non-hydrogen) atoms. The van der Waals surface area contributed by atoms with Gasteiger partial charge in [-0.05, 0) is 37.7 Å². The molecule has 0 bridgehead atoms. The normalized spacial score (nSPS) is 11.8. The van der Waals surface area contributed by atoms with Crippen molar-refractivity contribution in [1.82, 2.24) is 25.3 Å². The number of rotatable bonds is 8. The van der Waals surface area contributed by atoms with Crippen LogP contribution in [0.2, 0.25) is 0 Å². The Balaban J connectivity index is 1.77. The summed E-state index contributed by atoms with van der Waals surface area (Å²) < 4.78 is 1.94. The van der Waals surface area contributed by atoms with Crippen LogP contribution in [-0.4, -0.2) is 48.3 Å². The van der Waals surface area contributed by atoms with Gasteiger partial charge in [-0.2, -0.15) is 5.10 Å². The summed E-state index contributed by atoms with van der Waals surface area (Å²) in [5.74, 6) is 0.829. The lowest BCUT2D eigenvalue weighted by Gasteiger charge is -2.16. The average Bonchev–Trinajstić information content (AvgIpc) is 3.08. The first-order chi connectivity index (χ1) is 11.7. The maximum atomic E-state index is 4.29. The molecule has 1 aromatic carbocycles. The third-order valence-electron chi connectivity index (χ3n) is 3.69. The van der Waals surface area contributed by atoms with Crippen molar-refractivity contribution in [3.63, 3.8) is 0 Å². The second kappa shape index (κ2) is 9.72. The summed E-state index contributed by atoms with van der Waals surface area (Å²) >= 11 is 0. The Morgan fingerprint density at radius 3 is 2.62 bits per heavy atom. The SMILES string of the molecule is CN=C(NCCCn1cccn1)NCc1ccccc1CN(C)C. The first kappa shape index (κ1) is 18.0. The topological polar surface area (TPSA) is 57.5 Å². The number of guanidine groups is 1. The molecule has 1 aromatic heterocycles. The first-order valence-electron chi connectivity index (χ1n) is 8.32. The number of hydrogen-bond acceptors (Lipinski definition) is 3. The van der Waals surface area contributed by atoms with Crippen LogP contribution in [0.1, 0.15) is 17.5 Å². The van der Waals surface area contributed by atoms with Crippen LogP contribution in [0.25, 0.3) is 0 Å². The summed E-state index contributed by atoms with van der Waals surface area (Å²) in [6.07, 6.45) is 4.79. The molecule has 0 aliphatic carbocycles. The fourth-order valence-electron chi connectivity index (χ4n) is 2.51. The average molecular weight is 328 g/mol. The molecule has 2 rings (SSSR count). The van der Waals surface area contributed by atoms with Gasteiger partial charge in [0.05, 0.1) is 0 Å². The van der Waals surface area contributed by atoms with Gasteiger partial charge in [-0.15, -0.1) is 0 Å². The number of aromatic nitrogens is 2. The van der Waals surface area contributed by atoms with Crippen LogP contribution >= 0.6 is 0 Å². The van der Waals surface area contributed by atoms with E-state index in [1.165, 1.54) is 11.1 Å². The van der Waals surface area contributed by atoms with Gasteiger partial charge in [0, 0.05) is 45.6 Å². The Bertz CT molecular complexity index is 618. The van der Waals surface area contributed by atoms with E-state index in [4.69, 9.17) is 0 Å². The summed E-state index contributed by atoms with van der Waals surface area (Å²) in [7, 11) is 5.98. The van der Waals surface area contributed by atoms with Crippen molar-refractivity contribution in [2.75, 3.05) is 27.7 Å². The van der Waals surface area contributed by atoms with Crippen LogP contribution in [0.3, 0.4) is 0 Å². The zero-order chi connectivity index (χ0) is 17.2. The highest BCUT2D eigenvalue weighted by atomic mass is 15.3. The summed E-state index contributed by atoms with van der Waals surface area (Å²) in [6, 6.07) is 10.5. The van der Waals surface area contributed by atoms with Gasteiger partial charge in [0.25, 0.3) is 0 Å². The Morgan fingerprint density at radius 2 is 1.96 bits per heavy atom. The molecule has 130 valence electrons. The van der Waals surface area contributed by atoms with E-state index in [-0.39, 0.29) is 0 Å². The van der Waals surface area contributed by atoms with Crippen LogP contribution in [0.5, 0.6) is 0 Å². The smallest absolute Gasteiger partial charge is 0.191 e. The molecule has 0 radical (unpaired) electrons. The number of nitrogens with zero attached hydrogens (tertiary/aromatic N) is 4. The Labute approximate surface area is 144 Å². The maximum Gasteiger partial charge on any atom is 0.191 e. The minimum Gasteiger partial charge on any atom is -0.356 e. The quantitative estimate of drug-likeness (QED) is 0.440. The highest BCUT2D eigenvalue weighted by molar-refractivity contribution is 5.79. The van der Waals surface area contributed by atoms with Crippen molar-refractivity contribution in [1.29, 1.82) is 0 Å². The number of benzene rings is 1.